The van der Waals surface area contributed by atoms with Crippen molar-refractivity contribution in [1.29, 1.82) is 0 Å². The number of hydrogen-bond donors (Lipinski definition) is 1. The number of amides is 2. The molecule has 1 aliphatic heterocycles. The summed E-state index contributed by atoms with van der Waals surface area (Å²) in [5, 5.41) is 3.31. The Morgan fingerprint density at radius 2 is 2.04 bits per heavy atom. The summed E-state index contributed by atoms with van der Waals surface area (Å²) >= 11 is 0. The van der Waals surface area contributed by atoms with Crippen LogP contribution in [0.1, 0.15) is 50.7 Å². The SMILES string of the molecule is CCC(=O)N1CCC[C@H](C(=O)N[C@]2(C)CCc3ccccc3C2)C1. The second kappa shape index (κ2) is 6.96. The van der Waals surface area contributed by atoms with Crippen LogP contribution in [-0.4, -0.2) is 35.3 Å². The minimum Gasteiger partial charge on any atom is -0.350 e. The molecule has 0 saturated carbocycles. The molecule has 1 aliphatic carbocycles. The van der Waals surface area contributed by atoms with E-state index in [1.807, 2.05) is 11.8 Å². The molecule has 24 heavy (non-hydrogen) atoms. The maximum absolute atomic E-state index is 12.8. The Labute approximate surface area is 144 Å². The van der Waals surface area contributed by atoms with Gasteiger partial charge in [-0.1, -0.05) is 31.2 Å². The minimum absolute atomic E-state index is 0.0664. The fraction of sp³-hybridized carbons (Fsp3) is 0.600. The molecule has 1 N–H and O–H groups in total. The lowest BCUT2D eigenvalue weighted by Gasteiger charge is -2.38. The van der Waals surface area contributed by atoms with E-state index in [9.17, 15) is 9.59 Å². The van der Waals surface area contributed by atoms with E-state index in [1.165, 1.54) is 11.1 Å². The molecular weight excluding hydrogens is 300 g/mol. The van der Waals surface area contributed by atoms with Gasteiger partial charge in [-0.15, -0.1) is 0 Å². The summed E-state index contributed by atoms with van der Waals surface area (Å²) < 4.78 is 0. The molecular formula is C20H28N2O2. The lowest BCUT2D eigenvalue weighted by Crippen LogP contribution is -2.54. The number of aryl methyl sites for hydroxylation is 1. The second-order valence-electron chi connectivity index (χ2n) is 7.53. The smallest absolute Gasteiger partial charge is 0.225 e. The normalized spacial score (nSPS) is 26.6. The molecule has 1 saturated heterocycles. The van der Waals surface area contributed by atoms with Crippen LogP contribution in [0.3, 0.4) is 0 Å². The third-order valence-corrected chi connectivity index (χ3v) is 5.52. The molecule has 4 heteroatoms. The van der Waals surface area contributed by atoms with Gasteiger partial charge in [0.25, 0.3) is 0 Å². The number of hydrogen-bond acceptors (Lipinski definition) is 2. The van der Waals surface area contributed by atoms with Gasteiger partial charge in [-0.25, -0.2) is 0 Å². The number of carbonyl (C=O) groups excluding carboxylic acids is 2. The molecule has 1 fully saturated rings. The van der Waals surface area contributed by atoms with Gasteiger partial charge in [-0.2, -0.15) is 0 Å². The van der Waals surface area contributed by atoms with Gasteiger partial charge in [0.05, 0.1) is 5.92 Å². The topological polar surface area (TPSA) is 49.4 Å². The molecule has 2 aliphatic rings. The van der Waals surface area contributed by atoms with Crippen LogP contribution >= 0.6 is 0 Å². The largest absolute Gasteiger partial charge is 0.350 e. The highest BCUT2D eigenvalue weighted by atomic mass is 16.2. The standard InChI is InChI=1S/C20H28N2O2/c1-3-18(23)22-12-6-9-17(14-22)19(24)21-20(2)11-10-15-7-4-5-8-16(15)13-20/h4-5,7-8,17H,3,6,9-14H2,1-2H3,(H,21,24)/t17-,20+/m0/s1. The van der Waals surface area contributed by atoms with Crippen molar-refractivity contribution < 1.29 is 9.59 Å². The van der Waals surface area contributed by atoms with Crippen molar-refractivity contribution in [3.8, 4) is 0 Å². The van der Waals surface area contributed by atoms with E-state index in [1.54, 1.807) is 0 Å². The van der Waals surface area contributed by atoms with Crippen LogP contribution in [0.5, 0.6) is 0 Å². The molecule has 0 unspecified atom stereocenters. The van der Waals surface area contributed by atoms with Crippen molar-refractivity contribution in [2.75, 3.05) is 13.1 Å². The Kier molecular flexibility index (Phi) is 4.93. The fourth-order valence-electron chi connectivity index (χ4n) is 4.04. The average molecular weight is 328 g/mol. The molecule has 4 nitrogen and oxygen atoms in total. The van der Waals surface area contributed by atoms with E-state index in [2.05, 4.69) is 36.5 Å². The number of likely N-dealkylation sites (tertiary alicyclic amines) is 1. The Balaban J connectivity index is 1.63. The van der Waals surface area contributed by atoms with Gasteiger partial charge in [0.15, 0.2) is 0 Å². The summed E-state index contributed by atoms with van der Waals surface area (Å²) in [6.07, 6.45) is 5.19. The first-order chi connectivity index (χ1) is 11.5. The van der Waals surface area contributed by atoms with E-state index in [0.29, 0.717) is 13.0 Å². The van der Waals surface area contributed by atoms with Crippen LogP contribution in [0, 0.1) is 5.92 Å². The molecule has 0 radical (unpaired) electrons. The molecule has 0 aromatic heterocycles. The number of rotatable bonds is 3. The lowest BCUT2D eigenvalue weighted by atomic mass is 9.78. The van der Waals surface area contributed by atoms with Gasteiger partial charge in [0.1, 0.15) is 0 Å². The van der Waals surface area contributed by atoms with Crippen molar-refractivity contribution in [3.63, 3.8) is 0 Å². The van der Waals surface area contributed by atoms with E-state index >= 15 is 0 Å². The summed E-state index contributed by atoms with van der Waals surface area (Å²) in [5.41, 5.74) is 2.57. The van der Waals surface area contributed by atoms with Crippen LogP contribution in [0.4, 0.5) is 0 Å². The first kappa shape index (κ1) is 17.0. The molecule has 2 atom stereocenters. The number of benzene rings is 1. The van der Waals surface area contributed by atoms with Crippen molar-refractivity contribution in [1.82, 2.24) is 10.2 Å². The molecule has 0 spiro atoms. The highest BCUT2D eigenvalue weighted by Gasteiger charge is 2.35. The molecule has 130 valence electrons. The summed E-state index contributed by atoms with van der Waals surface area (Å²) in [5.74, 6) is 0.207. The molecule has 1 aromatic rings. The third-order valence-electron chi connectivity index (χ3n) is 5.52. The third kappa shape index (κ3) is 3.63. The Morgan fingerprint density at radius 3 is 2.79 bits per heavy atom. The molecule has 1 heterocycles. The van der Waals surface area contributed by atoms with Gasteiger partial charge in [0.2, 0.25) is 11.8 Å². The van der Waals surface area contributed by atoms with E-state index in [4.69, 9.17) is 0 Å². The molecule has 1 aromatic carbocycles. The Hall–Kier alpha value is -1.84. The predicted molar refractivity (Wildman–Crippen MR) is 94.6 cm³/mol. The second-order valence-corrected chi connectivity index (χ2v) is 7.53. The zero-order chi connectivity index (χ0) is 17.2. The Morgan fingerprint density at radius 1 is 1.29 bits per heavy atom. The first-order valence-electron chi connectivity index (χ1n) is 9.17. The summed E-state index contributed by atoms with van der Waals surface area (Å²) in [6, 6.07) is 8.51. The van der Waals surface area contributed by atoms with Crippen LogP contribution in [0.2, 0.25) is 0 Å². The van der Waals surface area contributed by atoms with E-state index < -0.39 is 0 Å². The first-order valence-corrected chi connectivity index (χ1v) is 9.17. The van der Waals surface area contributed by atoms with Gasteiger partial charge in [0, 0.05) is 25.0 Å². The number of fused-ring (bicyclic) bond motifs is 1. The minimum atomic E-state index is -0.178. The predicted octanol–water partition coefficient (Wildman–Crippen LogP) is 2.70. The van der Waals surface area contributed by atoms with Crippen molar-refractivity contribution in [3.05, 3.63) is 35.4 Å². The van der Waals surface area contributed by atoms with Crippen LogP contribution in [-0.2, 0) is 22.4 Å². The highest BCUT2D eigenvalue weighted by Crippen LogP contribution is 2.29. The number of carbonyl (C=O) groups is 2. The maximum atomic E-state index is 12.8. The number of piperidine rings is 1. The van der Waals surface area contributed by atoms with Crippen molar-refractivity contribution >= 4 is 11.8 Å². The van der Waals surface area contributed by atoms with Crippen LogP contribution in [0.25, 0.3) is 0 Å². The summed E-state index contributed by atoms with van der Waals surface area (Å²) in [7, 11) is 0. The average Bonchev–Trinajstić information content (AvgIpc) is 2.60. The summed E-state index contributed by atoms with van der Waals surface area (Å²) in [6.45, 7) is 5.40. The fourth-order valence-corrected chi connectivity index (χ4v) is 4.04. The van der Waals surface area contributed by atoms with Gasteiger partial charge >= 0.3 is 0 Å². The lowest BCUT2D eigenvalue weighted by molar-refractivity contribution is -0.136. The van der Waals surface area contributed by atoms with Crippen molar-refractivity contribution in [2.45, 2.75) is 57.9 Å². The quantitative estimate of drug-likeness (QED) is 0.927. The molecule has 0 bridgehead atoms. The van der Waals surface area contributed by atoms with Gasteiger partial charge in [-0.3, -0.25) is 9.59 Å². The number of nitrogens with one attached hydrogen (secondary N) is 1. The van der Waals surface area contributed by atoms with Gasteiger partial charge < -0.3 is 10.2 Å². The van der Waals surface area contributed by atoms with E-state index in [0.717, 1.165) is 38.6 Å². The molecule has 3 rings (SSSR count). The summed E-state index contributed by atoms with van der Waals surface area (Å²) in [4.78, 5) is 26.6. The van der Waals surface area contributed by atoms with Crippen LogP contribution < -0.4 is 5.32 Å². The van der Waals surface area contributed by atoms with Gasteiger partial charge in [-0.05, 0) is 50.2 Å². The maximum Gasteiger partial charge on any atom is 0.225 e. The van der Waals surface area contributed by atoms with Crippen molar-refractivity contribution in [2.24, 2.45) is 5.92 Å². The zero-order valence-corrected chi connectivity index (χ0v) is 14.8. The van der Waals surface area contributed by atoms with Crippen LogP contribution in [0.15, 0.2) is 24.3 Å². The number of nitrogens with zero attached hydrogens (tertiary/aromatic N) is 1. The molecule has 2 amide bonds. The zero-order valence-electron chi connectivity index (χ0n) is 14.8. The van der Waals surface area contributed by atoms with E-state index in [-0.39, 0.29) is 23.3 Å². The Bertz CT molecular complexity index is 628. The highest BCUT2D eigenvalue weighted by molar-refractivity contribution is 5.82. The monoisotopic (exact) mass is 328 g/mol.